The fraction of sp³-hybridized carbons (Fsp3) is 0.333. The number of hydrogen-bond acceptors (Lipinski definition) is 4. The van der Waals surface area contributed by atoms with Crippen LogP contribution in [0.1, 0.15) is 43.4 Å². The van der Waals surface area contributed by atoms with Gasteiger partial charge in [-0.2, -0.15) is 0 Å². The summed E-state index contributed by atoms with van der Waals surface area (Å²) in [4.78, 5) is 6.73. The van der Waals surface area contributed by atoms with Crippen molar-refractivity contribution in [3.63, 3.8) is 0 Å². The lowest BCUT2D eigenvalue weighted by atomic mass is 10.0. The molecule has 0 bridgehead atoms. The van der Waals surface area contributed by atoms with Gasteiger partial charge < -0.3 is 24.3 Å². The highest BCUT2D eigenvalue weighted by Crippen LogP contribution is 2.43. The summed E-state index contributed by atoms with van der Waals surface area (Å²) in [5.74, 6) is 0.619. The fourth-order valence-electron chi connectivity index (χ4n) is 4.05. The standard InChI is InChI=1S/C24H27ClN4O2S/c1-16(2)28-12-6-8-20(28)23-22(19-7-4-5-11-26-19)27-24(32)29(23)17-9-10-21(18(25)15-17)31-14-13-30-3/h4-12,15-16,22-23H,13-14H2,1-3H3,(H,27,32)/t22-,23-/m1/s1. The number of pyridine rings is 1. The molecule has 8 heteroatoms. The quantitative estimate of drug-likeness (QED) is 0.355. The summed E-state index contributed by atoms with van der Waals surface area (Å²) in [7, 11) is 1.64. The summed E-state index contributed by atoms with van der Waals surface area (Å²) in [6, 6.07) is 16.0. The zero-order valence-electron chi connectivity index (χ0n) is 18.4. The van der Waals surface area contributed by atoms with E-state index in [1.54, 1.807) is 7.11 Å². The molecular formula is C24H27ClN4O2S. The van der Waals surface area contributed by atoms with Crippen molar-refractivity contribution in [3.05, 3.63) is 77.3 Å². The second-order valence-corrected chi connectivity index (χ2v) is 8.68. The molecule has 2 atom stereocenters. The number of nitrogens with one attached hydrogen (secondary N) is 1. The number of anilines is 1. The molecule has 0 radical (unpaired) electrons. The molecule has 1 aliphatic rings. The highest BCUT2D eigenvalue weighted by Gasteiger charge is 2.42. The Balaban J connectivity index is 1.75. The van der Waals surface area contributed by atoms with Gasteiger partial charge in [0.1, 0.15) is 18.4 Å². The maximum Gasteiger partial charge on any atom is 0.174 e. The molecule has 2 aromatic heterocycles. The van der Waals surface area contributed by atoms with E-state index < -0.39 is 0 Å². The molecule has 1 fully saturated rings. The molecule has 168 valence electrons. The van der Waals surface area contributed by atoms with Crippen molar-refractivity contribution in [2.75, 3.05) is 25.2 Å². The first-order valence-electron chi connectivity index (χ1n) is 10.6. The van der Waals surface area contributed by atoms with Gasteiger partial charge in [0.05, 0.1) is 23.4 Å². The smallest absolute Gasteiger partial charge is 0.174 e. The minimum atomic E-state index is -0.104. The minimum Gasteiger partial charge on any atom is -0.490 e. The molecule has 1 aromatic carbocycles. The van der Waals surface area contributed by atoms with Crippen LogP contribution >= 0.6 is 23.8 Å². The lowest BCUT2D eigenvalue weighted by Gasteiger charge is -2.30. The van der Waals surface area contributed by atoms with Crippen molar-refractivity contribution in [3.8, 4) is 5.75 Å². The predicted octanol–water partition coefficient (Wildman–Crippen LogP) is 5.32. The van der Waals surface area contributed by atoms with E-state index in [-0.39, 0.29) is 12.1 Å². The van der Waals surface area contributed by atoms with Crippen LogP contribution in [0.3, 0.4) is 0 Å². The maximum atomic E-state index is 6.57. The van der Waals surface area contributed by atoms with Crippen LogP contribution in [0, 0.1) is 0 Å². The van der Waals surface area contributed by atoms with E-state index >= 15 is 0 Å². The zero-order chi connectivity index (χ0) is 22.7. The van der Waals surface area contributed by atoms with Gasteiger partial charge in [-0.15, -0.1) is 0 Å². The first kappa shape index (κ1) is 22.6. The van der Waals surface area contributed by atoms with Gasteiger partial charge in [-0.25, -0.2) is 0 Å². The molecule has 4 rings (SSSR count). The van der Waals surface area contributed by atoms with Crippen LogP contribution in [0.25, 0.3) is 0 Å². The van der Waals surface area contributed by atoms with Crippen molar-refractivity contribution in [1.29, 1.82) is 0 Å². The van der Waals surface area contributed by atoms with Crippen LogP contribution in [0.15, 0.2) is 60.9 Å². The summed E-state index contributed by atoms with van der Waals surface area (Å²) in [6.07, 6.45) is 3.92. The number of methoxy groups -OCH3 is 1. The number of ether oxygens (including phenoxy) is 2. The lowest BCUT2D eigenvalue weighted by molar-refractivity contribution is 0.146. The molecule has 0 spiro atoms. The molecule has 0 amide bonds. The summed E-state index contributed by atoms with van der Waals surface area (Å²) >= 11 is 12.4. The monoisotopic (exact) mass is 470 g/mol. The third-order valence-electron chi connectivity index (χ3n) is 5.51. The Hall–Kier alpha value is -2.61. The molecular weight excluding hydrogens is 444 g/mol. The summed E-state index contributed by atoms with van der Waals surface area (Å²) in [5, 5.41) is 4.65. The summed E-state index contributed by atoms with van der Waals surface area (Å²) in [5.41, 5.74) is 2.98. The predicted molar refractivity (Wildman–Crippen MR) is 132 cm³/mol. The second-order valence-electron chi connectivity index (χ2n) is 7.89. The molecule has 3 heterocycles. The topological polar surface area (TPSA) is 51.6 Å². The number of rotatable bonds is 8. The van der Waals surface area contributed by atoms with Crippen LogP contribution in [0.4, 0.5) is 5.69 Å². The van der Waals surface area contributed by atoms with Crippen LogP contribution < -0.4 is 15.0 Å². The van der Waals surface area contributed by atoms with Gasteiger partial charge in [0.15, 0.2) is 5.11 Å². The average molecular weight is 471 g/mol. The van der Waals surface area contributed by atoms with Crippen LogP contribution in [0.5, 0.6) is 5.75 Å². The highest BCUT2D eigenvalue weighted by molar-refractivity contribution is 7.80. The number of aromatic nitrogens is 2. The Kier molecular flexibility index (Phi) is 6.98. The number of hydrogen-bond donors (Lipinski definition) is 1. The van der Waals surface area contributed by atoms with Gasteiger partial charge in [-0.3, -0.25) is 4.98 Å². The van der Waals surface area contributed by atoms with E-state index in [1.165, 1.54) is 0 Å². The first-order valence-corrected chi connectivity index (χ1v) is 11.4. The van der Waals surface area contributed by atoms with Crippen molar-refractivity contribution in [2.45, 2.75) is 32.0 Å². The lowest BCUT2D eigenvalue weighted by Crippen LogP contribution is -2.30. The molecule has 6 nitrogen and oxygen atoms in total. The Morgan fingerprint density at radius 2 is 2.00 bits per heavy atom. The van der Waals surface area contributed by atoms with E-state index in [0.717, 1.165) is 17.1 Å². The Bertz CT molecular complexity index is 1070. The van der Waals surface area contributed by atoms with Gasteiger partial charge >= 0.3 is 0 Å². The minimum absolute atomic E-state index is 0.0915. The third kappa shape index (κ3) is 4.46. The Labute approximate surface area is 199 Å². The van der Waals surface area contributed by atoms with Crippen LogP contribution in [-0.2, 0) is 4.74 Å². The Morgan fingerprint density at radius 1 is 1.16 bits per heavy atom. The summed E-state index contributed by atoms with van der Waals surface area (Å²) < 4.78 is 13.0. The highest BCUT2D eigenvalue weighted by atomic mass is 35.5. The average Bonchev–Trinajstić information content (AvgIpc) is 3.40. The van der Waals surface area contributed by atoms with Crippen molar-refractivity contribution < 1.29 is 9.47 Å². The van der Waals surface area contributed by atoms with Crippen molar-refractivity contribution >= 4 is 34.6 Å². The normalized spacial score (nSPS) is 18.3. The van der Waals surface area contributed by atoms with E-state index in [1.807, 2.05) is 42.6 Å². The van der Waals surface area contributed by atoms with E-state index in [2.05, 4.69) is 51.9 Å². The van der Waals surface area contributed by atoms with Crippen LogP contribution in [-0.4, -0.2) is 35.0 Å². The SMILES string of the molecule is COCCOc1ccc(N2C(=S)N[C@H](c3ccccn3)[C@H]2c2cccn2C(C)C)cc1Cl. The van der Waals surface area contributed by atoms with Gasteiger partial charge in [0, 0.05) is 36.9 Å². The number of nitrogens with zero attached hydrogens (tertiary/aromatic N) is 3. The second kappa shape index (κ2) is 9.90. The van der Waals surface area contributed by atoms with Gasteiger partial charge in [-0.1, -0.05) is 17.7 Å². The number of thiocarbonyl (C=S) groups is 1. The van der Waals surface area contributed by atoms with E-state index in [0.29, 0.717) is 35.1 Å². The van der Waals surface area contributed by atoms with Crippen molar-refractivity contribution in [1.82, 2.24) is 14.9 Å². The van der Waals surface area contributed by atoms with Crippen molar-refractivity contribution in [2.24, 2.45) is 0 Å². The molecule has 1 N–H and O–H groups in total. The molecule has 32 heavy (non-hydrogen) atoms. The molecule has 0 unspecified atom stereocenters. The Morgan fingerprint density at radius 3 is 2.69 bits per heavy atom. The zero-order valence-corrected chi connectivity index (χ0v) is 19.9. The molecule has 3 aromatic rings. The molecule has 1 aliphatic heterocycles. The molecule has 0 aliphatic carbocycles. The largest absolute Gasteiger partial charge is 0.490 e. The van der Waals surface area contributed by atoms with Gasteiger partial charge in [-0.05, 0) is 68.5 Å². The maximum absolute atomic E-state index is 6.57. The first-order chi connectivity index (χ1) is 15.5. The van der Waals surface area contributed by atoms with Gasteiger partial charge in [0.25, 0.3) is 0 Å². The van der Waals surface area contributed by atoms with E-state index in [9.17, 15) is 0 Å². The number of halogens is 1. The third-order valence-corrected chi connectivity index (χ3v) is 6.12. The summed E-state index contributed by atoms with van der Waals surface area (Å²) in [6.45, 7) is 5.28. The molecule has 0 saturated carbocycles. The fourth-order valence-corrected chi connectivity index (χ4v) is 4.63. The van der Waals surface area contributed by atoms with Crippen LogP contribution in [0.2, 0.25) is 5.02 Å². The van der Waals surface area contributed by atoms with Gasteiger partial charge in [0.2, 0.25) is 0 Å². The number of benzene rings is 1. The molecule has 1 saturated heterocycles. The van der Waals surface area contributed by atoms with E-state index in [4.69, 9.17) is 33.3 Å².